The lowest BCUT2D eigenvalue weighted by atomic mass is 9.73. The summed E-state index contributed by atoms with van der Waals surface area (Å²) in [6, 6.07) is 8.03. The third-order valence-corrected chi connectivity index (χ3v) is 6.13. The largest absolute Gasteiger partial charge is 0.334 e. The molecule has 1 saturated heterocycles. The number of piperidine rings is 1. The van der Waals surface area contributed by atoms with Crippen molar-refractivity contribution in [3.63, 3.8) is 0 Å². The van der Waals surface area contributed by atoms with Gasteiger partial charge >= 0.3 is 0 Å². The summed E-state index contributed by atoms with van der Waals surface area (Å²) < 4.78 is 5.63. The van der Waals surface area contributed by atoms with Crippen molar-refractivity contribution >= 4 is 0 Å². The molecule has 2 aliphatic rings. The molecule has 6 nitrogen and oxygen atoms in total. The SMILES string of the molecule is c1cncc(CN2CCC(CC3CC3)(c3noc(-c4cccnc4)n3)CC2)c1. The van der Waals surface area contributed by atoms with Crippen LogP contribution in [-0.2, 0) is 12.0 Å². The normalized spacial score (nSPS) is 19.6. The minimum absolute atomic E-state index is 0.0383. The summed E-state index contributed by atoms with van der Waals surface area (Å²) in [5.74, 6) is 2.29. The molecule has 28 heavy (non-hydrogen) atoms. The van der Waals surface area contributed by atoms with Gasteiger partial charge in [0.25, 0.3) is 5.89 Å². The van der Waals surface area contributed by atoms with Crippen molar-refractivity contribution in [1.29, 1.82) is 0 Å². The van der Waals surface area contributed by atoms with Crippen LogP contribution in [0.3, 0.4) is 0 Å². The van der Waals surface area contributed by atoms with E-state index in [2.05, 4.69) is 26.1 Å². The van der Waals surface area contributed by atoms with Crippen LogP contribution in [0.15, 0.2) is 53.6 Å². The maximum atomic E-state index is 5.63. The summed E-state index contributed by atoms with van der Waals surface area (Å²) in [7, 11) is 0. The van der Waals surface area contributed by atoms with E-state index < -0.39 is 0 Å². The van der Waals surface area contributed by atoms with E-state index in [1.165, 1.54) is 24.8 Å². The Morgan fingerprint density at radius 2 is 1.82 bits per heavy atom. The Balaban J connectivity index is 1.34. The standard InChI is InChI=1S/C22H25N5O/c1-3-18(14-23-9-1)16-27-11-7-22(8-12-27,13-17-5-6-17)21-25-20(28-26-21)19-4-2-10-24-15-19/h1-4,9-10,14-15,17H,5-8,11-13,16H2. The molecule has 0 unspecified atom stereocenters. The number of likely N-dealkylation sites (tertiary alicyclic amines) is 1. The van der Waals surface area contributed by atoms with E-state index >= 15 is 0 Å². The van der Waals surface area contributed by atoms with Crippen molar-refractivity contribution in [2.45, 2.75) is 44.1 Å². The average molecular weight is 375 g/mol. The summed E-state index contributed by atoms with van der Waals surface area (Å²) >= 11 is 0. The van der Waals surface area contributed by atoms with Gasteiger partial charge in [-0.25, -0.2) is 0 Å². The first-order valence-corrected chi connectivity index (χ1v) is 10.2. The Bertz CT molecular complexity index is 899. The van der Waals surface area contributed by atoms with Crippen molar-refractivity contribution < 1.29 is 4.52 Å². The molecule has 0 radical (unpaired) electrons. The molecule has 0 aromatic carbocycles. The molecular formula is C22H25N5O. The molecule has 3 aromatic rings. The Hall–Kier alpha value is -2.60. The zero-order valence-corrected chi connectivity index (χ0v) is 16.0. The zero-order chi connectivity index (χ0) is 18.8. The van der Waals surface area contributed by atoms with Gasteiger partial charge in [-0.2, -0.15) is 4.98 Å². The first-order valence-electron chi connectivity index (χ1n) is 10.2. The Morgan fingerprint density at radius 3 is 2.50 bits per heavy atom. The fourth-order valence-corrected chi connectivity index (χ4v) is 4.33. The van der Waals surface area contributed by atoms with Crippen molar-refractivity contribution in [2.75, 3.05) is 13.1 Å². The van der Waals surface area contributed by atoms with E-state index in [0.717, 1.165) is 49.8 Å². The van der Waals surface area contributed by atoms with E-state index in [9.17, 15) is 0 Å². The molecule has 1 saturated carbocycles. The predicted octanol–water partition coefficient (Wildman–Crippen LogP) is 3.86. The minimum Gasteiger partial charge on any atom is -0.334 e. The number of rotatable bonds is 6. The maximum absolute atomic E-state index is 5.63. The third kappa shape index (κ3) is 3.69. The van der Waals surface area contributed by atoms with E-state index in [0.29, 0.717) is 5.89 Å². The van der Waals surface area contributed by atoms with Gasteiger partial charge in [0.2, 0.25) is 0 Å². The van der Waals surface area contributed by atoms with Gasteiger partial charge in [0.15, 0.2) is 5.82 Å². The fraction of sp³-hybridized carbons (Fsp3) is 0.455. The van der Waals surface area contributed by atoms with Gasteiger partial charge in [0, 0.05) is 36.7 Å². The van der Waals surface area contributed by atoms with Crippen molar-refractivity contribution in [3.8, 4) is 11.5 Å². The third-order valence-electron chi connectivity index (χ3n) is 6.13. The number of aromatic nitrogens is 4. The molecule has 5 rings (SSSR count). The molecule has 144 valence electrons. The molecule has 3 aromatic heterocycles. The van der Waals surface area contributed by atoms with Gasteiger partial charge in [-0.3, -0.25) is 14.9 Å². The van der Waals surface area contributed by atoms with Gasteiger partial charge in [-0.05, 0) is 62.0 Å². The molecule has 1 aliphatic carbocycles. The van der Waals surface area contributed by atoms with E-state index in [4.69, 9.17) is 9.51 Å². The lowest BCUT2D eigenvalue weighted by Crippen LogP contribution is -2.43. The molecule has 1 aliphatic heterocycles. The van der Waals surface area contributed by atoms with Crippen LogP contribution in [0.25, 0.3) is 11.5 Å². The number of hydrogen-bond acceptors (Lipinski definition) is 6. The maximum Gasteiger partial charge on any atom is 0.259 e. The van der Waals surface area contributed by atoms with E-state index in [-0.39, 0.29) is 5.41 Å². The predicted molar refractivity (Wildman–Crippen MR) is 105 cm³/mol. The highest BCUT2D eigenvalue weighted by Gasteiger charge is 2.44. The number of hydrogen-bond donors (Lipinski definition) is 0. The van der Waals surface area contributed by atoms with Gasteiger partial charge in [-0.1, -0.05) is 24.1 Å². The molecule has 0 amide bonds. The topological polar surface area (TPSA) is 67.9 Å². The van der Waals surface area contributed by atoms with Gasteiger partial charge < -0.3 is 4.52 Å². The molecular weight excluding hydrogens is 350 g/mol. The molecule has 6 heteroatoms. The van der Waals surface area contributed by atoms with Gasteiger partial charge in [0.05, 0.1) is 5.56 Å². The Morgan fingerprint density at radius 1 is 1.04 bits per heavy atom. The van der Waals surface area contributed by atoms with Gasteiger partial charge in [-0.15, -0.1) is 0 Å². The van der Waals surface area contributed by atoms with Crippen LogP contribution in [0, 0.1) is 5.92 Å². The number of pyridine rings is 2. The highest BCUT2D eigenvalue weighted by atomic mass is 16.5. The highest BCUT2D eigenvalue weighted by Crippen LogP contribution is 2.46. The minimum atomic E-state index is 0.0383. The lowest BCUT2D eigenvalue weighted by Gasteiger charge is -2.40. The average Bonchev–Trinajstić information content (AvgIpc) is 3.41. The first kappa shape index (κ1) is 17.5. The monoisotopic (exact) mass is 375 g/mol. The molecule has 0 N–H and O–H groups in total. The molecule has 4 heterocycles. The van der Waals surface area contributed by atoms with Crippen molar-refractivity contribution in [3.05, 3.63) is 60.4 Å². The van der Waals surface area contributed by atoms with Crippen LogP contribution in [0.2, 0.25) is 0 Å². The second kappa shape index (κ2) is 7.43. The van der Waals surface area contributed by atoms with E-state index in [1.807, 2.05) is 30.6 Å². The molecule has 0 atom stereocenters. The lowest BCUT2D eigenvalue weighted by molar-refractivity contribution is 0.133. The van der Waals surface area contributed by atoms with Crippen molar-refractivity contribution in [2.24, 2.45) is 5.92 Å². The van der Waals surface area contributed by atoms with Crippen LogP contribution in [0.4, 0.5) is 0 Å². The van der Waals surface area contributed by atoms with Crippen LogP contribution in [0.5, 0.6) is 0 Å². The van der Waals surface area contributed by atoms with Gasteiger partial charge in [0.1, 0.15) is 0 Å². The second-order valence-corrected chi connectivity index (χ2v) is 8.23. The second-order valence-electron chi connectivity index (χ2n) is 8.23. The van der Waals surface area contributed by atoms with Crippen LogP contribution < -0.4 is 0 Å². The van der Waals surface area contributed by atoms with Crippen molar-refractivity contribution in [1.82, 2.24) is 25.0 Å². The summed E-state index contributed by atoms with van der Waals surface area (Å²) in [6.45, 7) is 3.07. The summed E-state index contributed by atoms with van der Waals surface area (Å²) in [4.78, 5) is 15.7. The molecule has 2 fully saturated rings. The number of nitrogens with zero attached hydrogens (tertiary/aromatic N) is 5. The summed E-state index contributed by atoms with van der Waals surface area (Å²) in [5.41, 5.74) is 2.20. The van der Waals surface area contributed by atoms with Crippen LogP contribution >= 0.6 is 0 Å². The van der Waals surface area contributed by atoms with Crippen LogP contribution in [-0.4, -0.2) is 38.1 Å². The molecule has 0 bridgehead atoms. The Labute approximate surface area is 165 Å². The summed E-state index contributed by atoms with van der Waals surface area (Å²) in [6.07, 6.45) is 13.4. The fourth-order valence-electron chi connectivity index (χ4n) is 4.33. The zero-order valence-electron chi connectivity index (χ0n) is 16.0. The molecule has 0 spiro atoms. The first-order chi connectivity index (χ1) is 13.8. The summed E-state index contributed by atoms with van der Waals surface area (Å²) in [5, 5.41) is 4.44. The Kier molecular flexibility index (Phi) is 4.64. The highest BCUT2D eigenvalue weighted by molar-refractivity contribution is 5.50. The van der Waals surface area contributed by atoms with Crippen LogP contribution in [0.1, 0.15) is 43.5 Å². The quantitative estimate of drug-likeness (QED) is 0.652. The smallest absolute Gasteiger partial charge is 0.259 e. The van der Waals surface area contributed by atoms with E-state index in [1.54, 1.807) is 12.4 Å².